The maximum Gasteiger partial charge on any atom is 0.173 e. The van der Waals surface area contributed by atoms with E-state index in [2.05, 4.69) is 17.4 Å². The van der Waals surface area contributed by atoms with Gasteiger partial charge in [-0.1, -0.05) is 22.9 Å². The van der Waals surface area contributed by atoms with Crippen LogP contribution in [0.25, 0.3) is 0 Å². The molecule has 2 rings (SSSR count). The fourth-order valence-electron chi connectivity index (χ4n) is 1.06. The van der Waals surface area contributed by atoms with Crippen molar-refractivity contribution in [2.75, 3.05) is 5.32 Å². The fraction of sp³-hybridized carbons (Fsp3) is 0.100. The van der Waals surface area contributed by atoms with Gasteiger partial charge in [0.1, 0.15) is 6.26 Å². The molecule has 13 heavy (non-hydrogen) atoms. The van der Waals surface area contributed by atoms with Crippen molar-refractivity contribution in [1.82, 2.24) is 5.16 Å². The first-order valence-corrected chi connectivity index (χ1v) is 4.09. The van der Waals surface area contributed by atoms with E-state index in [0.29, 0.717) is 0 Å². The van der Waals surface area contributed by atoms with Gasteiger partial charge in [-0.3, -0.25) is 0 Å². The SMILES string of the molecule is Cc1ccc(Nc2ccon2)cc1. The Labute approximate surface area is 76.4 Å². The van der Waals surface area contributed by atoms with Crippen LogP contribution in [0.2, 0.25) is 0 Å². The third kappa shape index (κ3) is 1.87. The number of nitrogens with one attached hydrogen (secondary N) is 1. The number of aryl methyl sites for hydroxylation is 1. The van der Waals surface area contributed by atoms with Gasteiger partial charge in [-0.25, -0.2) is 0 Å². The monoisotopic (exact) mass is 174 g/mol. The van der Waals surface area contributed by atoms with Crippen LogP contribution in [0.5, 0.6) is 0 Å². The summed E-state index contributed by atoms with van der Waals surface area (Å²) in [5, 5.41) is 6.85. The van der Waals surface area contributed by atoms with Crippen molar-refractivity contribution in [3.05, 3.63) is 42.2 Å². The van der Waals surface area contributed by atoms with Gasteiger partial charge in [0, 0.05) is 11.8 Å². The molecule has 0 unspecified atom stereocenters. The van der Waals surface area contributed by atoms with E-state index in [1.165, 1.54) is 11.8 Å². The largest absolute Gasteiger partial charge is 0.363 e. The molecular formula is C10H10N2O. The topological polar surface area (TPSA) is 38.1 Å². The Morgan fingerprint density at radius 2 is 1.92 bits per heavy atom. The van der Waals surface area contributed by atoms with E-state index in [0.717, 1.165) is 11.5 Å². The van der Waals surface area contributed by atoms with E-state index in [9.17, 15) is 0 Å². The second-order valence-electron chi connectivity index (χ2n) is 2.88. The van der Waals surface area contributed by atoms with Crippen LogP contribution in [0.4, 0.5) is 11.5 Å². The molecule has 1 heterocycles. The Bertz CT molecular complexity index is 364. The molecule has 3 heteroatoms. The number of rotatable bonds is 2. The number of hydrogen-bond donors (Lipinski definition) is 1. The number of nitrogens with zero attached hydrogens (tertiary/aromatic N) is 1. The van der Waals surface area contributed by atoms with Gasteiger partial charge in [0.15, 0.2) is 5.82 Å². The van der Waals surface area contributed by atoms with Gasteiger partial charge in [-0.05, 0) is 19.1 Å². The second-order valence-corrected chi connectivity index (χ2v) is 2.88. The Balaban J connectivity index is 2.15. The summed E-state index contributed by atoms with van der Waals surface area (Å²) >= 11 is 0. The molecular weight excluding hydrogens is 164 g/mol. The van der Waals surface area contributed by atoms with Gasteiger partial charge in [0.2, 0.25) is 0 Å². The van der Waals surface area contributed by atoms with E-state index in [1.54, 1.807) is 6.07 Å². The van der Waals surface area contributed by atoms with Gasteiger partial charge in [0.05, 0.1) is 0 Å². The van der Waals surface area contributed by atoms with Crippen LogP contribution in [-0.4, -0.2) is 5.16 Å². The van der Waals surface area contributed by atoms with Crippen LogP contribution in [0.15, 0.2) is 41.1 Å². The van der Waals surface area contributed by atoms with Crippen molar-refractivity contribution in [2.24, 2.45) is 0 Å². The minimum atomic E-state index is 0.726. The summed E-state index contributed by atoms with van der Waals surface area (Å²) in [5.41, 5.74) is 2.25. The van der Waals surface area contributed by atoms with Gasteiger partial charge in [-0.15, -0.1) is 0 Å². The zero-order valence-electron chi connectivity index (χ0n) is 7.32. The Hall–Kier alpha value is -1.77. The predicted octanol–water partition coefficient (Wildman–Crippen LogP) is 2.73. The lowest BCUT2D eigenvalue weighted by Crippen LogP contribution is -1.89. The minimum Gasteiger partial charge on any atom is -0.363 e. The van der Waals surface area contributed by atoms with E-state index < -0.39 is 0 Å². The molecule has 1 aromatic carbocycles. The van der Waals surface area contributed by atoms with Crippen LogP contribution < -0.4 is 5.32 Å². The molecule has 0 spiro atoms. The van der Waals surface area contributed by atoms with Gasteiger partial charge < -0.3 is 9.84 Å². The highest BCUT2D eigenvalue weighted by molar-refractivity contribution is 5.55. The predicted molar refractivity (Wildman–Crippen MR) is 51.0 cm³/mol. The zero-order valence-corrected chi connectivity index (χ0v) is 7.32. The third-order valence-electron chi connectivity index (χ3n) is 1.76. The first-order chi connectivity index (χ1) is 6.34. The first kappa shape index (κ1) is 7.86. The number of hydrogen-bond acceptors (Lipinski definition) is 3. The summed E-state index contributed by atoms with van der Waals surface area (Å²) < 4.78 is 4.70. The minimum absolute atomic E-state index is 0.726. The lowest BCUT2D eigenvalue weighted by atomic mass is 10.2. The smallest absolute Gasteiger partial charge is 0.173 e. The maximum atomic E-state index is 4.70. The van der Waals surface area contributed by atoms with Crippen molar-refractivity contribution in [3.63, 3.8) is 0 Å². The highest BCUT2D eigenvalue weighted by atomic mass is 16.5. The molecule has 1 N–H and O–H groups in total. The Morgan fingerprint density at radius 3 is 2.54 bits per heavy atom. The normalized spacial score (nSPS) is 9.92. The summed E-state index contributed by atoms with van der Waals surface area (Å²) in [6, 6.07) is 9.87. The molecule has 0 aliphatic heterocycles. The molecule has 0 aliphatic rings. The quantitative estimate of drug-likeness (QED) is 0.760. The first-order valence-electron chi connectivity index (χ1n) is 4.09. The number of aromatic nitrogens is 1. The van der Waals surface area contributed by atoms with E-state index in [-0.39, 0.29) is 0 Å². The third-order valence-corrected chi connectivity index (χ3v) is 1.76. The summed E-state index contributed by atoms with van der Waals surface area (Å²) in [6.07, 6.45) is 1.54. The lowest BCUT2D eigenvalue weighted by Gasteiger charge is -2.01. The molecule has 0 atom stereocenters. The van der Waals surface area contributed by atoms with Crippen molar-refractivity contribution < 1.29 is 4.52 Å². The van der Waals surface area contributed by atoms with Gasteiger partial charge in [0.25, 0.3) is 0 Å². The van der Waals surface area contributed by atoms with E-state index in [4.69, 9.17) is 4.52 Å². The highest BCUT2D eigenvalue weighted by Crippen LogP contribution is 2.14. The van der Waals surface area contributed by atoms with Crippen LogP contribution in [0, 0.1) is 6.92 Å². The second kappa shape index (κ2) is 3.31. The van der Waals surface area contributed by atoms with E-state index >= 15 is 0 Å². The molecule has 0 amide bonds. The summed E-state index contributed by atoms with van der Waals surface area (Å²) in [4.78, 5) is 0. The highest BCUT2D eigenvalue weighted by Gasteiger charge is 1.95. The molecule has 0 bridgehead atoms. The molecule has 1 aromatic heterocycles. The van der Waals surface area contributed by atoms with Gasteiger partial charge >= 0.3 is 0 Å². The summed E-state index contributed by atoms with van der Waals surface area (Å²) in [5.74, 6) is 0.726. The molecule has 3 nitrogen and oxygen atoms in total. The van der Waals surface area contributed by atoms with Crippen molar-refractivity contribution >= 4 is 11.5 Å². The molecule has 2 aromatic rings. The molecule has 0 fully saturated rings. The molecule has 66 valence electrons. The lowest BCUT2D eigenvalue weighted by molar-refractivity contribution is 0.423. The van der Waals surface area contributed by atoms with Crippen LogP contribution >= 0.6 is 0 Å². The Kier molecular flexibility index (Phi) is 2.00. The summed E-state index contributed by atoms with van der Waals surface area (Å²) in [6.45, 7) is 2.06. The number of benzene rings is 1. The molecule has 0 aliphatic carbocycles. The van der Waals surface area contributed by atoms with Crippen LogP contribution in [0.3, 0.4) is 0 Å². The fourth-order valence-corrected chi connectivity index (χ4v) is 1.06. The molecule has 0 radical (unpaired) electrons. The van der Waals surface area contributed by atoms with Crippen molar-refractivity contribution in [3.8, 4) is 0 Å². The van der Waals surface area contributed by atoms with Crippen molar-refractivity contribution in [1.29, 1.82) is 0 Å². The molecule has 0 saturated heterocycles. The Morgan fingerprint density at radius 1 is 1.15 bits per heavy atom. The van der Waals surface area contributed by atoms with Crippen LogP contribution in [0.1, 0.15) is 5.56 Å². The standard InChI is InChI=1S/C10H10N2O/c1-8-2-4-9(5-3-8)11-10-6-7-13-12-10/h2-7H,1H3,(H,11,12). The average molecular weight is 174 g/mol. The number of anilines is 2. The maximum absolute atomic E-state index is 4.70. The van der Waals surface area contributed by atoms with Crippen LogP contribution in [-0.2, 0) is 0 Å². The molecule has 0 saturated carbocycles. The average Bonchev–Trinajstić information content (AvgIpc) is 2.62. The van der Waals surface area contributed by atoms with E-state index in [1.807, 2.05) is 24.3 Å². The van der Waals surface area contributed by atoms with Gasteiger partial charge in [-0.2, -0.15) is 0 Å². The van der Waals surface area contributed by atoms with Crippen molar-refractivity contribution in [2.45, 2.75) is 6.92 Å². The zero-order chi connectivity index (χ0) is 9.10. The summed E-state index contributed by atoms with van der Waals surface area (Å²) in [7, 11) is 0.